The molecule has 0 aliphatic carbocycles. The number of rotatable bonds is 2. The molecule has 2 heterocycles. The van der Waals surface area contributed by atoms with E-state index in [-0.39, 0.29) is 16.0 Å². The van der Waals surface area contributed by atoms with E-state index in [4.69, 9.17) is 28.3 Å². The Labute approximate surface area is 106 Å². The summed E-state index contributed by atoms with van der Waals surface area (Å²) in [5.41, 5.74) is 0.913. The fourth-order valence-corrected chi connectivity index (χ4v) is 1.63. The minimum Gasteiger partial charge on any atom is -0.476 e. The lowest BCUT2D eigenvalue weighted by atomic mass is 10.4. The van der Waals surface area contributed by atoms with Gasteiger partial charge in [-0.15, -0.1) is 10.2 Å². The maximum atomic E-state index is 10.8. The first-order valence-electron chi connectivity index (χ1n) is 4.48. The van der Waals surface area contributed by atoms with E-state index in [1.165, 1.54) is 16.8 Å². The molecule has 2 aromatic heterocycles. The molecular formula is C9H6Cl2N4O2. The van der Waals surface area contributed by atoms with E-state index >= 15 is 0 Å². The highest BCUT2D eigenvalue weighted by Crippen LogP contribution is 2.21. The number of halogens is 2. The highest BCUT2D eigenvalue weighted by Gasteiger charge is 2.15. The van der Waals surface area contributed by atoms with Crippen LogP contribution in [0.3, 0.4) is 0 Å². The lowest BCUT2D eigenvalue weighted by Crippen LogP contribution is -2.04. The van der Waals surface area contributed by atoms with E-state index in [1.807, 2.05) is 0 Å². The number of carboxylic acids is 1. The number of aromatic nitrogens is 4. The van der Waals surface area contributed by atoms with Crippen molar-refractivity contribution in [1.29, 1.82) is 0 Å². The van der Waals surface area contributed by atoms with Crippen LogP contribution in [-0.4, -0.2) is 31.1 Å². The second kappa shape index (κ2) is 4.31. The molecule has 8 heteroatoms. The van der Waals surface area contributed by atoms with Crippen LogP contribution >= 0.6 is 23.2 Å². The van der Waals surface area contributed by atoms with Crippen molar-refractivity contribution in [2.75, 3.05) is 0 Å². The molecule has 0 unspecified atom stereocenters. The number of aryl methyl sites for hydroxylation is 1. The van der Waals surface area contributed by atoms with Gasteiger partial charge in [0, 0.05) is 11.8 Å². The SMILES string of the molecule is Cc1cc(C(=O)O)nn1-c1cc(Cl)nnc1Cl. The second-order valence-corrected chi connectivity index (χ2v) is 3.98. The van der Waals surface area contributed by atoms with E-state index in [0.29, 0.717) is 11.4 Å². The second-order valence-electron chi connectivity index (χ2n) is 3.23. The minimum absolute atomic E-state index is 0.0773. The molecule has 0 amide bonds. The molecule has 0 aliphatic heterocycles. The van der Waals surface area contributed by atoms with Gasteiger partial charge in [0.15, 0.2) is 16.0 Å². The Hall–Kier alpha value is -1.66. The first-order valence-corrected chi connectivity index (χ1v) is 5.23. The highest BCUT2D eigenvalue weighted by atomic mass is 35.5. The number of hydrogen-bond donors (Lipinski definition) is 1. The van der Waals surface area contributed by atoms with Crippen molar-refractivity contribution in [2.24, 2.45) is 0 Å². The summed E-state index contributed by atoms with van der Waals surface area (Å²) in [5, 5.41) is 20.2. The van der Waals surface area contributed by atoms with Crippen molar-refractivity contribution in [3.8, 4) is 5.69 Å². The lowest BCUT2D eigenvalue weighted by molar-refractivity contribution is 0.0690. The molecule has 0 bridgehead atoms. The highest BCUT2D eigenvalue weighted by molar-refractivity contribution is 6.32. The summed E-state index contributed by atoms with van der Waals surface area (Å²) in [4.78, 5) is 10.8. The van der Waals surface area contributed by atoms with Crippen LogP contribution in [0.25, 0.3) is 5.69 Å². The van der Waals surface area contributed by atoms with Crippen LogP contribution in [0.4, 0.5) is 0 Å². The van der Waals surface area contributed by atoms with Crippen molar-refractivity contribution >= 4 is 29.2 Å². The van der Waals surface area contributed by atoms with Gasteiger partial charge in [0.2, 0.25) is 0 Å². The Balaban J connectivity index is 2.60. The fourth-order valence-electron chi connectivity index (χ4n) is 1.32. The number of nitrogens with zero attached hydrogens (tertiary/aromatic N) is 4. The van der Waals surface area contributed by atoms with Crippen LogP contribution in [0.5, 0.6) is 0 Å². The molecule has 0 fully saturated rings. The third kappa shape index (κ3) is 2.22. The molecule has 2 aromatic rings. The summed E-state index contributed by atoms with van der Waals surface area (Å²) in [7, 11) is 0. The smallest absolute Gasteiger partial charge is 0.356 e. The van der Waals surface area contributed by atoms with Gasteiger partial charge in [-0.2, -0.15) is 5.10 Å². The molecule has 0 aromatic carbocycles. The van der Waals surface area contributed by atoms with E-state index in [9.17, 15) is 4.79 Å². The van der Waals surface area contributed by atoms with E-state index in [2.05, 4.69) is 15.3 Å². The normalized spacial score (nSPS) is 10.5. The van der Waals surface area contributed by atoms with Crippen LogP contribution in [0.2, 0.25) is 10.3 Å². The van der Waals surface area contributed by atoms with Crippen molar-refractivity contribution in [1.82, 2.24) is 20.0 Å². The molecular weight excluding hydrogens is 267 g/mol. The zero-order valence-electron chi connectivity index (χ0n) is 8.55. The molecule has 6 nitrogen and oxygen atoms in total. The Morgan fingerprint density at radius 3 is 2.65 bits per heavy atom. The van der Waals surface area contributed by atoms with Crippen LogP contribution in [0, 0.1) is 6.92 Å². The van der Waals surface area contributed by atoms with E-state index in [0.717, 1.165) is 0 Å². The summed E-state index contributed by atoms with van der Waals surface area (Å²) in [6.07, 6.45) is 0. The van der Waals surface area contributed by atoms with Gasteiger partial charge in [0.25, 0.3) is 0 Å². The summed E-state index contributed by atoms with van der Waals surface area (Å²) in [5.74, 6) is -1.11. The molecule has 0 saturated carbocycles. The van der Waals surface area contributed by atoms with Crippen molar-refractivity contribution in [2.45, 2.75) is 6.92 Å². The van der Waals surface area contributed by atoms with E-state index in [1.54, 1.807) is 6.92 Å². The topological polar surface area (TPSA) is 80.9 Å². The molecule has 2 rings (SSSR count). The van der Waals surface area contributed by atoms with Gasteiger partial charge in [0.1, 0.15) is 5.69 Å². The molecule has 88 valence electrons. The molecule has 0 aliphatic rings. The molecule has 0 radical (unpaired) electrons. The minimum atomic E-state index is -1.11. The van der Waals surface area contributed by atoms with Crippen molar-refractivity contribution in [3.05, 3.63) is 33.8 Å². The van der Waals surface area contributed by atoms with Crippen LogP contribution in [0.1, 0.15) is 16.2 Å². The lowest BCUT2D eigenvalue weighted by Gasteiger charge is -2.05. The van der Waals surface area contributed by atoms with Gasteiger partial charge in [-0.1, -0.05) is 23.2 Å². The number of hydrogen-bond acceptors (Lipinski definition) is 4. The van der Waals surface area contributed by atoms with Gasteiger partial charge in [0.05, 0.1) is 0 Å². The maximum absolute atomic E-state index is 10.8. The third-order valence-electron chi connectivity index (χ3n) is 2.04. The predicted molar refractivity (Wildman–Crippen MR) is 60.9 cm³/mol. The Morgan fingerprint density at radius 2 is 2.06 bits per heavy atom. The first-order chi connectivity index (χ1) is 7.99. The zero-order chi connectivity index (χ0) is 12.6. The number of carboxylic acid groups (broad SMARTS) is 1. The van der Waals surface area contributed by atoms with Gasteiger partial charge < -0.3 is 5.11 Å². The first kappa shape index (κ1) is 11.8. The predicted octanol–water partition coefficient (Wildman–Crippen LogP) is 1.98. The summed E-state index contributed by atoms with van der Waals surface area (Å²) >= 11 is 11.5. The largest absolute Gasteiger partial charge is 0.476 e. The van der Waals surface area contributed by atoms with Crippen molar-refractivity contribution < 1.29 is 9.90 Å². The standard InChI is InChI=1S/C9H6Cl2N4O2/c1-4-2-5(9(16)17)14-15(4)6-3-7(10)12-13-8(6)11/h2-3H,1H3,(H,16,17). The van der Waals surface area contributed by atoms with Gasteiger partial charge in [-0.05, 0) is 13.0 Å². The van der Waals surface area contributed by atoms with Crippen LogP contribution in [0.15, 0.2) is 12.1 Å². The molecule has 0 spiro atoms. The summed E-state index contributed by atoms with van der Waals surface area (Å²) < 4.78 is 1.35. The summed E-state index contributed by atoms with van der Waals surface area (Å²) in [6, 6.07) is 2.88. The van der Waals surface area contributed by atoms with Gasteiger partial charge in [-0.3, -0.25) is 0 Å². The third-order valence-corrected chi connectivity index (χ3v) is 2.49. The average molecular weight is 273 g/mol. The molecule has 0 atom stereocenters. The Kier molecular flexibility index (Phi) is 2.99. The summed E-state index contributed by atoms with van der Waals surface area (Å²) in [6.45, 7) is 1.70. The quantitative estimate of drug-likeness (QED) is 0.904. The number of carbonyl (C=O) groups is 1. The van der Waals surface area contributed by atoms with E-state index < -0.39 is 5.97 Å². The van der Waals surface area contributed by atoms with Crippen LogP contribution in [-0.2, 0) is 0 Å². The zero-order valence-corrected chi connectivity index (χ0v) is 10.1. The monoisotopic (exact) mass is 272 g/mol. The maximum Gasteiger partial charge on any atom is 0.356 e. The molecule has 1 N–H and O–H groups in total. The fraction of sp³-hybridized carbons (Fsp3) is 0.111. The van der Waals surface area contributed by atoms with Crippen molar-refractivity contribution in [3.63, 3.8) is 0 Å². The molecule has 17 heavy (non-hydrogen) atoms. The number of aromatic carboxylic acids is 1. The van der Waals surface area contributed by atoms with Crippen LogP contribution < -0.4 is 0 Å². The average Bonchev–Trinajstić information content (AvgIpc) is 2.64. The molecule has 0 saturated heterocycles. The van der Waals surface area contributed by atoms with Gasteiger partial charge >= 0.3 is 5.97 Å². The Bertz CT molecular complexity index is 597. The Morgan fingerprint density at radius 1 is 1.35 bits per heavy atom. The van der Waals surface area contributed by atoms with Gasteiger partial charge in [-0.25, -0.2) is 9.48 Å².